The van der Waals surface area contributed by atoms with Crippen LogP contribution in [0.25, 0.3) is 11.1 Å². The van der Waals surface area contributed by atoms with Gasteiger partial charge in [0.1, 0.15) is 0 Å². The van der Waals surface area contributed by atoms with Gasteiger partial charge >= 0.3 is 7.60 Å². The first kappa shape index (κ1) is 26.0. The summed E-state index contributed by atoms with van der Waals surface area (Å²) in [6, 6.07) is 19.3. The van der Waals surface area contributed by atoms with Crippen LogP contribution >= 0.6 is 35.3 Å². The first-order valence-corrected chi connectivity index (χ1v) is 14.6. The maximum Gasteiger partial charge on any atom is 0.399 e. The molecule has 0 saturated heterocycles. The molecule has 0 heterocycles. The monoisotopic (exact) mass is 577 g/mol. The summed E-state index contributed by atoms with van der Waals surface area (Å²) in [6.45, 7) is 0. The Morgan fingerprint density at radius 1 is 0.939 bits per heavy atom. The van der Waals surface area contributed by atoms with E-state index in [9.17, 15) is 22.0 Å². The number of benzene rings is 3. The highest BCUT2D eigenvalue weighted by atomic mass is 79.9. The Morgan fingerprint density at radius 3 is 2.15 bits per heavy atom. The van der Waals surface area contributed by atoms with Crippen LogP contribution in [-0.2, 0) is 41.7 Å². The largest absolute Gasteiger partial charge is 0.399 e. The van der Waals surface area contributed by atoms with Gasteiger partial charge in [-0.25, -0.2) is 13.6 Å². The lowest BCUT2D eigenvalue weighted by atomic mass is 10.0. The van der Waals surface area contributed by atoms with E-state index in [4.69, 9.17) is 5.14 Å². The maximum absolute atomic E-state index is 12.3. The minimum absolute atomic E-state index is 0.0775. The predicted molar refractivity (Wildman–Crippen MR) is 128 cm³/mol. The molecule has 3 aromatic carbocycles. The Kier molecular flexibility index (Phi) is 8.85. The van der Waals surface area contributed by atoms with Crippen molar-refractivity contribution in [3.8, 4) is 11.1 Å². The molecule has 0 aliphatic carbocycles. The Labute approximate surface area is 203 Å². The highest BCUT2D eigenvalue weighted by Crippen LogP contribution is 2.53. The molecule has 0 spiro atoms. The fourth-order valence-corrected chi connectivity index (χ4v) is 6.40. The SMILES string of the molecule is NS(=O)(=O)c1ccccc1-c1ccc(CSCc2ccc(CP(=O)(OF)OF)c(Br)c2)cc1. The van der Waals surface area contributed by atoms with Crippen LogP contribution in [0.3, 0.4) is 0 Å². The number of hydrogen-bond donors (Lipinski definition) is 1. The van der Waals surface area contributed by atoms with E-state index in [1.807, 2.05) is 24.3 Å². The average molecular weight is 578 g/mol. The Morgan fingerprint density at radius 2 is 1.55 bits per heavy atom. The third-order valence-electron chi connectivity index (χ3n) is 4.69. The van der Waals surface area contributed by atoms with E-state index in [1.54, 1.807) is 48.2 Å². The van der Waals surface area contributed by atoms with Crippen molar-refractivity contribution in [2.45, 2.75) is 22.6 Å². The number of nitrogens with two attached hydrogens (primary N) is 1. The van der Waals surface area contributed by atoms with Crippen LogP contribution in [0.4, 0.5) is 9.05 Å². The molecule has 0 aromatic heterocycles. The quantitative estimate of drug-likeness (QED) is 0.270. The Balaban J connectivity index is 1.62. The van der Waals surface area contributed by atoms with E-state index in [0.29, 0.717) is 27.1 Å². The molecule has 6 nitrogen and oxygen atoms in total. The highest BCUT2D eigenvalue weighted by Gasteiger charge is 2.29. The summed E-state index contributed by atoms with van der Waals surface area (Å²) in [5.74, 6) is 1.36. The molecule has 12 heteroatoms. The third-order valence-corrected chi connectivity index (χ3v) is 8.62. The molecule has 0 fully saturated rings. The van der Waals surface area contributed by atoms with Crippen molar-refractivity contribution in [1.29, 1.82) is 0 Å². The van der Waals surface area contributed by atoms with Gasteiger partial charge in [0, 0.05) is 21.5 Å². The van der Waals surface area contributed by atoms with Gasteiger partial charge in [-0.15, -0.1) is 9.46 Å². The summed E-state index contributed by atoms with van der Waals surface area (Å²) in [4.78, 5) is 0.0775. The third kappa shape index (κ3) is 6.95. The molecule has 0 aliphatic heterocycles. The first-order valence-electron chi connectivity index (χ1n) is 9.41. The van der Waals surface area contributed by atoms with Crippen LogP contribution in [0.2, 0.25) is 0 Å². The van der Waals surface area contributed by atoms with Crippen molar-refractivity contribution in [1.82, 2.24) is 0 Å². The van der Waals surface area contributed by atoms with Gasteiger partial charge in [-0.05, 0) is 43.4 Å². The van der Waals surface area contributed by atoms with Crippen molar-refractivity contribution in [2.75, 3.05) is 0 Å². The normalized spacial score (nSPS) is 12.1. The summed E-state index contributed by atoms with van der Waals surface area (Å²) < 4.78 is 66.7. The fourth-order valence-electron chi connectivity index (χ4n) is 3.10. The van der Waals surface area contributed by atoms with Crippen LogP contribution < -0.4 is 5.14 Å². The van der Waals surface area contributed by atoms with Crippen LogP contribution in [0.5, 0.6) is 0 Å². The molecule has 3 rings (SSSR count). The summed E-state index contributed by atoms with van der Waals surface area (Å²) >= 11 is 4.95. The van der Waals surface area contributed by atoms with Gasteiger partial charge in [0.25, 0.3) is 0 Å². The number of primary sulfonamides is 1. The molecule has 2 N–H and O–H groups in total. The summed E-state index contributed by atoms with van der Waals surface area (Å²) in [5, 5.41) is 5.32. The maximum atomic E-state index is 12.3. The molecular weight excluding hydrogens is 559 g/mol. The molecule has 0 radical (unpaired) electrons. The number of halogens is 3. The summed E-state index contributed by atoms with van der Waals surface area (Å²) in [7, 11) is -8.29. The van der Waals surface area contributed by atoms with Crippen molar-refractivity contribution >= 4 is 45.3 Å². The summed E-state index contributed by atoms with van der Waals surface area (Å²) in [6.07, 6.45) is -0.547. The van der Waals surface area contributed by atoms with Crippen LogP contribution in [0, 0.1) is 0 Å². The number of sulfonamides is 1. The zero-order chi connectivity index (χ0) is 24.1. The summed E-state index contributed by atoms with van der Waals surface area (Å²) in [5.41, 5.74) is 3.68. The fraction of sp³-hybridized carbons (Fsp3) is 0.143. The molecule has 0 saturated carbocycles. The van der Waals surface area contributed by atoms with Crippen LogP contribution in [0.15, 0.2) is 76.1 Å². The van der Waals surface area contributed by atoms with Crippen LogP contribution in [-0.4, -0.2) is 8.42 Å². The van der Waals surface area contributed by atoms with Gasteiger partial charge in [-0.3, -0.25) is 4.57 Å². The van der Waals surface area contributed by atoms with Crippen LogP contribution in [0.1, 0.15) is 16.7 Å². The van der Waals surface area contributed by atoms with E-state index in [0.717, 1.165) is 16.7 Å². The second-order valence-electron chi connectivity index (χ2n) is 7.06. The predicted octanol–water partition coefficient (Wildman–Crippen LogP) is 6.69. The zero-order valence-corrected chi connectivity index (χ0v) is 21.1. The van der Waals surface area contributed by atoms with Gasteiger partial charge in [0.05, 0.1) is 11.1 Å². The van der Waals surface area contributed by atoms with E-state index < -0.39 is 23.8 Å². The first-order chi connectivity index (χ1) is 15.6. The molecule has 0 aliphatic rings. The second-order valence-corrected chi connectivity index (χ2v) is 12.2. The number of hydrogen-bond acceptors (Lipinski definition) is 6. The van der Waals surface area contributed by atoms with Gasteiger partial charge < -0.3 is 0 Å². The lowest BCUT2D eigenvalue weighted by Gasteiger charge is -2.11. The topological polar surface area (TPSA) is 95.7 Å². The molecule has 33 heavy (non-hydrogen) atoms. The second kappa shape index (κ2) is 11.2. The van der Waals surface area contributed by atoms with E-state index in [2.05, 4.69) is 25.4 Å². The molecule has 176 valence electrons. The molecule has 0 amide bonds. The van der Waals surface area contributed by atoms with Crippen molar-refractivity contribution in [3.05, 3.63) is 87.9 Å². The van der Waals surface area contributed by atoms with Gasteiger partial charge in [-0.2, -0.15) is 11.8 Å². The minimum Gasteiger partial charge on any atom is -0.254 e. The minimum atomic E-state index is -4.45. The van der Waals surface area contributed by atoms with Crippen molar-refractivity contribution < 1.29 is 31.5 Å². The van der Waals surface area contributed by atoms with E-state index in [1.165, 1.54) is 6.07 Å². The molecule has 0 bridgehead atoms. The highest BCUT2D eigenvalue weighted by molar-refractivity contribution is 9.10. The molecule has 3 aromatic rings. The molecule has 0 atom stereocenters. The van der Waals surface area contributed by atoms with Crippen molar-refractivity contribution in [2.24, 2.45) is 5.14 Å². The van der Waals surface area contributed by atoms with Crippen molar-refractivity contribution in [3.63, 3.8) is 0 Å². The Bertz CT molecular complexity index is 1270. The van der Waals surface area contributed by atoms with E-state index in [-0.39, 0.29) is 4.90 Å². The smallest absolute Gasteiger partial charge is 0.254 e. The average Bonchev–Trinajstić information content (AvgIpc) is 2.80. The number of thioether (sulfide) groups is 1. The standard InChI is InChI=1S/C21H19BrF2NO5PS2/c22-20-11-16(7-10-18(20)12-31(26,29-23)30-24)14-32-13-15-5-8-17(9-6-15)19-3-1-2-4-21(19)33(25,27)28/h1-11H,12-14H2,(H2,25,27,28). The van der Waals surface area contributed by atoms with Gasteiger partial charge in [0.2, 0.25) is 10.0 Å². The zero-order valence-electron chi connectivity index (χ0n) is 17.0. The molecular formula is C21H19BrF2NO5PS2. The van der Waals surface area contributed by atoms with E-state index >= 15 is 0 Å². The molecule has 0 unspecified atom stereocenters. The lowest BCUT2D eigenvalue weighted by molar-refractivity contribution is -0.0881. The van der Waals surface area contributed by atoms with Gasteiger partial charge in [-0.1, -0.05) is 70.5 Å². The number of rotatable bonds is 10. The lowest BCUT2D eigenvalue weighted by Crippen LogP contribution is -2.13. The Hall–Kier alpha value is -1.59. The van der Waals surface area contributed by atoms with Gasteiger partial charge in [0.15, 0.2) is 0 Å².